The van der Waals surface area contributed by atoms with Gasteiger partial charge in [0.2, 0.25) is 0 Å². The average molecular weight is 259 g/mol. The SMILES string of the molecule is CCCOc1ccc(C(N)c2ccccc2F)cc1. The fourth-order valence-electron chi connectivity index (χ4n) is 1.90. The summed E-state index contributed by atoms with van der Waals surface area (Å²) < 4.78 is 19.2. The molecule has 0 aliphatic carbocycles. The zero-order valence-corrected chi connectivity index (χ0v) is 11.0. The van der Waals surface area contributed by atoms with E-state index in [-0.39, 0.29) is 5.82 Å². The van der Waals surface area contributed by atoms with E-state index in [9.17, 15) is 4.39 Å². The molecule has 1 unspecified atom stereocenters. The first-order valence-corrected chi connectivity index (χ1v) is 6.45. The molecule has 2 aromatic carbocycles. The normalized spacial score (nSPS) is 12.2. The number of ether oxygens (including phenoxy) is 1. The van der Waals surface area contributed by atoms with E-state index in [1.165, 1.54) is 6.07 Å². The Bertz CT molecular complexity index is 525. The van der Waals surface area contributed by atoms with E-state index in [1.807, 2.05) is 24.3 Å². The standard InChI is InChI=1S/C16H18FNO/c1-2-11-19-13-9-7-12(8-10-13)16(18)14-5-3-4-6-15(14)17/h3-10,16H,2,11,18H2,1H3. The Kier molecular flexibility index (Phi) is 4.53. The summed E-state index contributed by atoms with van der Waals surface area (Å²) in [6.45, 7) is 2.75. The molecule has 2 aromatic rings. The second-order valence-corrected chi connectivity index (χ2v) is 4.42. The van der Waals surface area contributed by atoms with Gasteiger partial charge in [0.05, 0.1) is 12.6 Å². The third-order valence-electron chi connectivity index (χ3n) is 2.95. The van der Waals surface area contributed by atoms with Crippen LogP contribution in [-0.4, -0.2) is 6.61 Å². The van der Waals surface area contributed by atoms with Gasteiger partial charge in [-0.05, 0) is 30.2 Å². The highest BCUT2D eigenvalue weighted by atomic mass is 19.1. The van der Waals surface area contributed by atoms with Crippen LogP contribution in [-0.2, 0) is 0 Å². The number of nitrogens with two attached hydrogens (primary N) is 1. The highest BCUT2D eigenvalue weighted by Crippen LogP contribution is 2.23. The van der Waals surface area contributed by atoms with Gasteiger partial charge in [0.25, 0.3) is 0 Å². The van der Waals surface area contributed by atoms with Crippen molar-refractivity contribution in [2.24, 2.45) is 5.73 Å². The predicted molar refractivity (Wildman–Crippen MR) is 74.7 cm³/mol. The van der Waals surface area contributed by atoms with Crippen molar-refractivity contribution in [2.75, 3.05) is 6.61 Å². The molecule has 0 bridgehead atoms. The lowest BCUT2D eigenvalue weighted by Gasteiger charge is -2.14. The molecular weight excluding hydrogens is 241 g/mol. The number of hydrogen-bond donors (Lipinski definition) is 1. The third kappa shape index (κ3) is 3.32. The summed E-state index contributed by atoms with van der Waals surface area (Å²) in [5.41, 5.74) is 7.46. The predicted octanol–water partition coefficient (Wildman–Crippen LogP) is 3.66. The molecule has 100 valence electrons. The largest absolute Gasteiger partial charge is 0.494 e. The van der Waals surface area contributed by atoms with Crippen LogP contribution in [0.25, 0.3) is 0 Å². The third-order valence-corrected chi connectivity index (χ3v) is 2.95. The van der Waals surface area contributed by atoms with Crippen LogP contribution < -0.4 is 10.5 Å². The van der Waals surface area contributed by atoms with Gasteiger partial charge >= 0.3 is 0 Å². The first kappa shape index (κ1) is 13.6. The van der Waals surface area contributed by atoms with Crippen LogP contribution in [0.2, 0.25) is 0 Å². The first-order valence-electron chi connectivity index (χ1n) is 6.45. The smallest absolute Gasteiger partial charge is 0.128 e. The second-order valence-electron chi connectivity index (χ2n) is 4.42. The molecule has 0 radical (unpaired) electrons. The molecule has 19 heavy (non-hydrogen) atoms. The van der Waals surface area contributed by atoms with Crippen LogP contribution in [0.4, 0.5) is 4.39 Å². The Labute approximate surface area is 113 Å². The first-order chi connectivity index (χ1) is 9.22. The molecule has 0 spiro atoms. The quantitative estimate of drug-likeness (QED) is 0.889. The summed E-state index contributed by atoms with van der Waals surface area (Å²) in [4.78, 5) is 0. The summed E-state index contributed by atoms with van der Waals surface area (Å²) in [5, 5.41) is 0. The molecule has 0 saturated heterocycles. The zero-order valence-electron chi connectivity index (χ0n) is 11.0. The second kappa shape index (κ2) is 6.34. The molecule has 2 rings (SSSR count). The summed E-state index contributed by atoms with van der Waals surface area (Å²) >= 11 is 0. The topological polar surface area (TPSA) is 35.2 Å². The average Bonchev–Trinajstić information content (AvgIpc) is 2.45. The molecule has 2 nitrogen and oxygen atoms in total. The maximum Gasteiger partial charge on any atom is 0.128 e. The van der Waals surface area contributed by atoms with E-state index >= 15 is 0 Å². The minimum Gasteiger partial charge on any atom is -0.494 e. The van der Waals surface area contributed by atoms with E-state index in [0.717, 1.165) is 17.7 Å². The molecule has 0 aliphatic rings. The lowest BCUT2D eigenvalue weighted by atomic mass is 9.99. The minimum absolute atomic E-state index is 0.277. The van der Waals surface area contributed by atoms with Gasteiger partial charge in [-0.1, -0.05) is 37.3 Å². The maximum absolute atomic E-state index is 13.7. The molecular formula is C16H18FNO. The van der Waals surface area contributed by atoms with Crippen molar-refractivity contribution in [3.63, 3.8) is 0 Å². The summed E-state index contributed by atoms with van der Waals surface area (Å²) in [7, 11) is 0. The van der Waals surface area contributed by atoms with Crippen molar-refractivity contribution in [1.82, 2.24) is 0 Å². The van der Waals surface area contributed by atoms with Crippen molar-refractivity contribution in [1.29, 1.82) is 0 Å². The van der Waals surface area contributed by atoms with Crippen LogP contribution in [0.3, 0.4) is 0 Å². The van der Waals surface area contributed by atoms with Crippen molar-refractivity contribution < 1.29 is 9.13 Å². The van der Waals surface area contributed by atoms with E-state index in [2.05, 4.69) is 6.92 Å². The fourth-order valence-corrected chi connectivity index (χ4v) is 1.90. The van der Waals surface area contributed by atoms with Crippen LogP contribution in [0.1, 0.15) is 30.5 Å². The van der Waals surface area contributed by atoms with Crippen LogP contribution in [0, 0.1) is 5.82 Å². The fraction of sp³-hybridized carbons (Fsp3) is 0.250. The molecule has 3 heteroatoms. The Hall–Kier alpha value is -1.87. The molecule has 0 aromatic heterocycles. The minimum atomic E-state index is -0.457. The summed E-state index contributed by atoms with van der Waals surface area (Å²) in [6, 6.07) is 13.6. The van der Waals surface area contributed by atoms with Crippen LogP contribution in [0.15, 0.2) is 48.5 Å². The van der Waals surface area contributed by atoms with Crippen LogP contribution in [0.5, 0.6) is 5.75 Å². The summed E-state index contributed by atoms with van der Waals surface area (Å²) in [5.74, 6) is 0.535. The zero-order chi connectivity index (χ0) is 13.7. The lowest BCUT2D eigenvalue weighted by molar-refractivity contribution is 0.317. The van der Waals surface area contributed by atoms with Gasteiger partial charge in [-0.2, -0.15) is 0 Å². The van der Waals surface area contributed by atoms with Gasteiger partial charge in [0.1, 0.15) is 11.6 Å². The van der Waals surface area contributed by atoms with Gasteiger partial charge in [-0.15, -0.1) is 0 Å². The van der Waals surface area contributed by atoms with Gasteiger partial charge in [-0.25, -0.2) is 4.39 Å². The monoisotopic (exact) mass is 259 g/mol. The molecule has 0 saturated carbocycles. The Morgan fingerprint density at radius 1 is 1.11 bits per heavy atom. The van der Waals surface area contributed by atoms with Gasteiger partial charge in [-0.3, -0.25) is 0 Å². The lowest BCUT2D eigenvalue weighted by Crippen LogP contribution is -2.13. The molecule has 2 N–H and O–H groups in total. The van der Waals surface area contributed by atoms with E-state index in [1.54, 1.807) is 18.2 Å². The Balaban J connectivity index is 2.16. The van der Waals surface area contributed by atoms with Crippen molar-refractivity contribution in [2.45, 2.75) is 19.4 Å². The van der Waals surface area contributed by atoms with Crippen molar-refractivity contribution in [3.05, 3.63) is 65.5 Å². The number of benzene rings is 2. The van der Waals surface area contributed by atoms with E-state index in [4.69, 9.17) is 10.5 Å². The highest BCUT2D eigenvalue weighted by molar-refractivity contribution is 5.35. The van der Waals surface area contributed by atoms with Gasteiger partial charge in [0, 0.05) is 5.56 Å². The molecule has 0 fully saturated rings. The van der Waals surface area contributed by atoms with Gasteiger partial charge < -0.3 is 10.5 Å². The maximum atomic E-state index is 13.7. The Morgan fingerprint density at radius 2 is 1.79 bits per heavy atom. The van der Waals surface area contributed by atoms with E-state index < -0.39 is 6.04 Å². The number of hydrogen-bond acceptors (Lipinski definition) is 2. The highest BCUT2D eigenvalue weighted by Gasteiger charge is 2.12. The molecule has 0 heterocycles. The van der Waals surface area contributed by atoms with E-state index in [0.29, 0.717) is 12.2 Å². The van der Waals surface area contributed by atoms with Crippen LogP contribution >= 0.6 is 0 Å². The summed E-state index contributed by atoms with van der Waals surface area (Å²) in [6.07, 6.45) is 0.969. The Morgan fingerprint density at radius 3 is 2.42 bits per heavy atom. The number of halogens is 1. The van der Waals surface area contributed by atoms with Crippen molar-refractivity contribution in [3.8, 4) is 5.75 Å². The van der Waals surface area contributed by atoms with Crippen molar-refractivity contribution >= 4 is 0 Å². The molecule has 0 aliphatic heterocycles. The number of rotatable bonds is 5. The molecule has 0 amide bonds. The molecule has 1 atom stereocenters. The van der Waals surface area contributed by atoms with Gasteiger partial charge in [0.15, 0.2) is 0 Å².